The minimum atomic E-state index is 0.438. The van der Waals surface area contributed by atoms with Crippen LogP contribution in [0.25, 0.3) is 0 Å². The van der Waals surface area contributed by atoms with E-state index in [0.29, 0.717) is 6.04 Å². The summed E-state index contributed by atoms with van der Waals surface area (Å²) in [7, 11) is 0. The Balaban J connectivity index is 1.76. The van der Waals surface area contributed by atoms with Crippen LogP contribution in [-0.2, 0) is 6.54 Å². The summed E-state index contributed by atoms with van der Waals surface area (Å²) < 4.78 is 0. The molecule has 1 saturated heterocycles. The highest BCUT2D eigenvalue weighted by Crippen LogP contribution is 2.31. The lowest BCUT2D eigenvalue weighted by atomic mass is 10.2. The van der Waals surface area contributed by atoms with Crippen molar-refractivity contribution in [2.24, 2.45) is 0 Å². The highest BCUT2D eigenvalue weighted by molar-refractivity contribution is 7.09. The minimum Gasteiger partial charge on any atom is -0.345 e. The Hall–Kier alpha value is -1.20. The second-order valence-electron chi connectivity index (χ2n) is 4.51. The monoisotopic (exact) mass is 248 g/mol. The van der Waals surface area contributed by atoms with Gasteiger partial charge in [-0.1, -0.05) is 0 Å². The molecule has 0 bridgehead atoms. The van der Waals surface area contributed by atoms with Crippen LogP contribution in [0, 0.1) is 6.92 Å². The van der Waals surface area contributed by atoms with E-state index in [4.69, 9.17) is 0 Å². The zero-order valence-corrected chi connectivity index (χ0v) is 10.7. The van der Waals surface area contributed by atoms with Gasteiger partial charge in [0.25, 0.3) is 0 Å². The number of likely N-dealkylation sites (tertiary alicyclic amines) is 1. The molecule has 1 aliphatic heterocycles. The summed E-state index contributed by atoms with van der Waals surface area (Å²) in [6, 6.07) is 0.438. The summed E-state index contributed by atoms with van der Waals surface area (Å²) in [5.74, 6) is 1.11. The van der Waals surface area contributed by atoms with E-state index in [-0.39, 0.29) is 0 Å². The van der Waals surface area contributed by atoms with Crippen molar-refractivity contribution in [2.45, 2.75) is 32.4 Å². The van der Waals surface area contributed by atoms with Crippen LogP contribution in [0.3, 0.4) is 0 Å². The lowest BCUT2D eigenvalue weighted by Crippen LogP contribution is -2.23. The second-order valence-corrected chi connectivity index (χ2v) is 5.48. The zero-order chi connectivity index (χ0) is 11.7. The molecule has 4 nitrogen and oxygen atoms in total. The molecule has 1 N–H and O–H groups in total. The average molecular weight is 248 g/mol. The van der Waals surface area contributed by atoms with Crippen LogP contribution in [0.4, 0.5) is 0 Å². The first-order chi connectivity index (χ1) is 8.33. The fourth-order valence-corrected chi connectivity index (χ4v) is 3.07. The third-order valence-corrected chi connectivity index (χ3v) is 3.99. The lowest BCUT2D eigenvalue weighted by Gasteiger charge is -2.21. The summed E-state index contributed by atoms with van der Waals surface area (Å²) in [6.45, 7) is 4.14. The summed E-state index contributed by atoms with van der Waals surface area (Å²) in [5, 5.41) is 3.23. The molecule has 1 atom stereocenters. The fourth-order valence-electron chi connectivity index (χ4n) is 2.43. The van der Waals surface area contributed by atoms with Gasteiger partial charge in [-0.05, 0) is 26.3 Å². The SMILES string of the molecule is Cc1cnc(C2CCCN2Cc2nccs2)[nH]1. The maximum Gasteiger partial charge on any atom is 0.123 e. The van der Waals surface area contributed by atoms with Gasteiger partial charge in [0.1, 0.15) is 10.8 Å². The number of hydrogen-bond donors (Lipinski definition) is 1. The lowest BCUT2D eigenvalue weighted by molar-refractivity contribution is 0.240. The van der Waals surface area contributed by atoms with Crippen LogP contribution >= 0.6 is 11.3 Å². The first-order valence-electron chi connectivity index (χ1n) is 5.97. The van der Waals surface area contributed by atoms with E-state index in [1.807, 2.05) is 17.8 Å². The van der Waals surface area contributed by atoms with Crippen LogP contribution in [-0.4, -0.2) is 26.4 Å². The molecule has 0 saturated carbocycles. The third-order valence-electron chi connectivity index (χ3n) is 3.22. The minimum absolute atomic E-state index is 0.438. The number of aromatic nitrogens is 3. The molecule has 0 spiro atoms. The highest BCUT2D eigenvalue weighted by Gasteiger charge is 2.28. The number of nitrogens with one attached hydrogen (secondary N) is 1. The maximum absolute atomic E-state index is 4.46. The van der Waals surface area contributed by atoms with Gasteiger partial charge in [-0.25, -0.2) is 9.97 Å². The number of thiazole rings is 1. The Kier molecular flexibility index (Phi) is 2.94. The summed E-state index contributed by atoms with van der Waals surface area (Å²) in [6.07, 6.45) is 6.23. The van der Waals surface area contributed by atoms with Gasteiger partial charge >= 0.3 is 0 Å². The standard InChI is InChI=1S/C12H16N4S/c1-9-7-14-12(15-9)10-3-2-5-16(10)8-11-13-4-6-17-11/h4,6-7,10H,2-3,5,8H2,1H3,(H,14,15). The quantitative estimate of drug-likeness (QED) is 0.907. The number of hydrogen-bond acceptors (Lipinski definition) is 4. The van der Waals surface area contributed by atoms with E-state index < -0.39 is 0 Å². The van der Waals surface area contributed by atoms with Gasteiger partial charge in [-0.2, -0.15) is 0 Å². The van der Waals surface area contributed by atoms with Crippen LogP contribution in [0.15, 0.2) is 17.8 Å². The predicted octanol–water partition coefficient (Wildman–Crippen LogP) is 2.51. The number of rotatable bonds is 3. The second kappa shape index (κ2) is 4.58. The van der Waals surface area contributed by atoms with Gasteiger partial charge < -0.3 is 4.98 Å². The van der Waals surface area contributed by atoms with E-state index in [9.17, 15) is 0 Å². The molecular formula is C12H16N4S. The van der Waals surface area contributed by atoms with Crippen molar-refractivity contribution < 1.29 is 0 Å². The smallest absolute Gasteiger partial charge is 0.123 e. The van der Waals surface area contributed by atoms with Crippen molar-refractivity contribution in [1.29, 1.82) is 0 Å². The Labute approximate surface area is 105 Å². The molecule has 17 heavy (non-hydrogen) atoms. The Morgan fingerprint density at radius 3 is 3.18 bits per heavy atom. The molecule has 1 aliphatic rings. The predicted molar refractivity (Wildman–Crippen MR) is 67.8 cm³/mol. The molecule has 2 aromatic rings. The molecule has 1 fully saturated rings. The van der Waals surface area contributed by atoms with Gasteiger partial charge in [0.15, 0.2) is 0 Å². The molecule has 5 heteroatoms. The molecule has 2 aromatic heterocycles. The molecule has 90 valence electrons. The molecule has 0 aliphatic carbocycles. The Morgan fingerprint density at radius 1 is 1.53 bits per heavy atom. The van der Waals surface area contributed by atoms with E-state index >= 15 is 0 Å². The normalized spacial score (nSPS) is 21.1. The van der Waals surface area contributed by atoms with Crippen molar-refractivity contribution in [3.8, 4) is 0 Å². The van der Waals surface area contributed by atoms with Crippen molar-refractivity contribution in [3.05, 3.63) is 34.3 Å². The summed E-state index contributed by atoms with van der Waals surface area (Å²) >= 11 is 1.73. The first kappa shape index (κ1) is 10.9. The molecule has 3 heterocycles. The van der Waals surface area contributed by atoms with Gasteiger partial charge in [-0.15, -0.1) is 11.3 Å². The largest absolute Gasteiger partial charge is 0.345 e. The molecular weight excluding hydrogens is 232 g/mol. The molecule has 0 aromatic carbocycles. The number of aryl methyl sites for hydroxylation is 1. The topological polar surface area (TPSA) is 44.8 Å². The van der Waals surface area contributed by atoms with Gasteiger partial charge in [0, 0.05) is 23.5 Å². The average Bonchev–Trinajstić information content (AvgIpc) is 2.99. The molecule has 0 amide bonds. The van der Waals surface area contributed by atoms with E-state index in [1.165, 1.54) is 17.8 Å². The van der Waals surface area contributed by atoms with E-state index in [0.717, 1.165) is 24.6 Å². The van der Waals surface area contributed by atoms with E-state index in [1.54, 1.807) is 11.3 Å². The molecule has 3 rings (SSSR count). The Morgan fingerprint density at radius 2 is 2.47 bits per heavy atom. The number of nitrogens with zero attached hydrogens (tertiary/aromatic N) is 3. The van der Waals surface area contributed by atoms with Crippen molar-refractivity contribution in [2.75, 3.05) is 6.54 Å². The van der Waals surface area contributed by atoms with E-state index in [2.05, 4.69) is 26.8 Å². The number of imidazole rings is 1. The molecule has 0 radical (unpaired) electrons. The highest BCUT2D eigenvalue weighted by atomic mass is 32.1. The van der Waals surface area contributed by atoms with Crippen LogP contribution in [0.5, 0.6) is 0 Å². The van der Waals surface area contributed by atoms with Crippen LogP contribution < -0.4 is 0 Å². The molecule has 1 unspecified atom stereocenters. The van der Waals surface area contributed by atoms with Crippen molar-refractivity contribution in [3.63, 3.8) is 0 Å². The first-order valence-corrected chi connectivity index (χ1v) is 6.85. The van der Waals surface area contributed by atoms with Crippen LogP contribution in [0.2, 0.25) is 0 Å². The zero-order valence-electron chi connectivity index (χ0n) is 9.89. The van der Waals surface area contributed by atoms with Crippen molar-refractivity contribution in [1.82, 2.24) is 19.9 Å². The fraction of sp³-hybridized carbons (Fsp3) is 0.500. The number of H-pyrrole nitrogens is 1. The number of aromatic amines is 1. The summed E-state index contributed by atoms with van der Waals surface area (Å²) in [4.78, 5) is 14.6. The van der Waals surface area contributed by atoms with Gasteiger partial charge in [-0.3, -0.25) is 4.90 Å². The Bertz CT molecular complexity index is 476. The summed E-state index contributed by atoms with van der Waals surface area (Å²) in [5.41, 5.74) is 1.14. The van der Waals surface area contributed by atoms with Gasteiger partial charge in [0.2, 0.25) is 0 Å². The van der Waals surface area contributed by atoms with Crippen LogP contribution in [0.1, 0.15) is 35.4 Å². The van der Waals surface area contributed by atoms with Crippen molar-refractivity contribution >= 4 is 11.3 Å². The third kappa shape index (κ3) is 2.25. The maximum atomic E-state index is 4.46. The van der Waals surface area contributed by atoms with Gasteiger partial charge in [0.05, 0.1) is 12.6 Å².